The van der Waals surface area contributed by atoms with E-state index in [2.05, 4.69) is 55.3 Å². The molecular formula is C15H20N2O. The van der Waals surface area contributed by atoms with Gasteiger partial charge in [0.15, 0.2) is 0 Å². The van der Waals surface area contributed by atoms with Crippen molar-refractivity contribution in [2.75, 3.05) is 12.4 Å². The topological polar surface area (TPSA) is 38.1 Å². The summed E-state index contributed by atoms with van der Waals surface area (Å²) >= 11 is 0. The summed E-state index contributed by atoms with van der Waals surface area (Å²) in [6.45, 7) is 6.66. The van der Waals surface area contributed by atoms with Gasteiger partial charge in [0.25, 0.3) is 6.01 Å². The first-order valence-electron chi connectivity index (χ1n) is 6.21. The summed E-state index contributed by atoms with van der Waals surface area (Å²) in [5, 5.41) is 2.88. The van der Waals surface area contributed by atoms with Crippen molar-refractivity contribution < 1.29 is 4.42 Å². The first-order valence-corrected chi connectivity index (χ1v) is 6.21. The lowest BCUT2D eigenvalue weighted by Gasteiger charge is -2.19. The van der Waals surface area contributed by atoms with Crippen molar-refractivity contribution in [3.05, 3.63) is 47.3 Å². The predicted octanol–water partition coefficient (Wildman–Crippen LogP) is 3.60. The first-order chi connectivity index (χ1) is 8.49. The molecule has 0 saturated heterocycles. The van der Waals surface area contributed by atoms with Crippen LogP contribution in [0.3, 0.4) is 0 Å². The van der Waals surface area contributed by atoms with Gasteiger partial charge in [0.2, 0.25) is 0 Å². The summed E-state index contributed by atoms with van der Waals surface area (Å²) in [5.74, 6) is 0.878. The van der Waals surface area contributed by atoms with E-state index in [0.717, 1.165) is 12.2 Å². The van der Waals surface area contributed by atoms with Crippen LogP contribution in [0.25, 0.3) is 0 Å². The largest absolute Gasteiger partial charge is 0.428 e. The zero-order valence-electron chi connectivity index (χ0n) is 11.4. The third kappa shape index (κ3) is 2.92. The molecule has 0 fully saturated rings. The minimum absolute atomic E-state index is 0.198. The summed E-state index contributed by atoms with van der Waals surface area (Å²) in [4.78, 5) is 4.11. The summed E-state index contributed by atoms with van der Waals surface area (Å²) in [7, 11) is 1.80. The number of nitrogens with one attached hydrogen (secondary N) is 1. The van der Waals surface area contributed by atoms with Crippen LogP contribution >= 0.6 is 0 Å². The molecule has 18 heavy (non-hydrogen) atoms. The monoisotopic (exact) mass is 244 g/mol. The van der Waals surface area contributed by atoms with E-state index >= 15 is 0 Å². The maximum absolute atomic E-state index is 5.51. The summed E-state index contributed by atoms with van der Waals surface area (Å²) in [5.41, 5.74) is 2.78. The normalized spacial score (nSPS) is 11.6. The Morgan fingerprint density at radius 3 is 2.33 bits per heavy atom. The van der Waals surface area contributed by atoms with Crippen LogP contribution in [0, 0.1) is 0 Å². The number of aromatic nitrogens is 1. The van der Waals surface area contributed by atoms with Crippen LogP contribution in [0.5, 0.6) is 0 Å². The molecule has 0 bridgehead atoms. The molecule has 3 heteroatoms. The number of oxazole rings is 1. The Bertz CT molecular complexity index is 506. The quantitative estimate of drug-likeness (QED) is 0.896. The van der Waals surface area contributed by atoms with Gasteiger partial charge >= 0.3 is 0 Å². The molecule has 2 rings (SSSR count). The van der Waals surface area contributed by atoms with Crippen LogP contribution in [0.4, 0.5) is 6.01 Å². The number of hydrogen-bond acceptors (Lipinski definition) is 3. The Balaban J connectivity index is 2.11. The average Bonchev–Trinajstić information content (AvgIpc) is 2.76. The molecule has 0 spiro atoms. The van der Waals surface area contributed by atoms with Crippen molar-refractivity contribution in [3.8, 4) is 0 Å². The van der Waals surface area contributed by atoms with E-state index in [-0.39, 0.29) is 5.41 Å². The van der Waals surface area contributed by atoms with Crippen molar-refractivity contribution in [1.29, 1.82) is 0 Å². The van der Waals surface area contributed by atoms with Gasteiger partial charge in [-0.1, -0.05) is 45.0 Å². The highest BCUT2D eigenvalue weighted by molar-refractivity contribution is 5.30. The second-order valence-corrected chi connectivity index (χ2v) is 5.51. The molecule has 2 aromatic rings. The van der Waals surface area contributed by atoms with Gasteiger partial charge in [-0.25, -0.2) is 4.98 Å². The van der Waals surface area contributed by atoms with Gasteiger partial charge in [-0.15, -0.1) is 0 Å². The van der Waals surface area contributed by atoms with Crippen molar-refractivity contribution in [2.45, 2.75) is 32.6 Å². The lowest BCUT2D eigenvalue weighted by molar-refractivity contribution is 0.530. The summed E-state index contributed by atoms with van der Waals surface area (Å²) in [6, 6.07) is 9.25. The van der Waals surface area contributed by atoms with E-state index in [1.54, 1.807) is 13.2 Å². The fraction of sp³-hybridized carbons (Fsp3) is 0.400. The molecule has 0 saturated carbocycles. The van der Waals surface area contributed by atoms with E-state index in [1.165, 1.54) is 11.1 Å². The van der Waals surface area contributed by atoms with Gasteiger partial charge in [0.1, 0.15) is 5.76 Å². The Hall–Kier alpha value is -1.77. The second kappa shape index (κ2) is 4.84. The molecule has 0 radical (unpaired) electrons. The van der Waals surface area contributed by atoms with Gasteiger partial charge in [0, 0.05) is 13.5 Å². The molecule has 0 aliphatic carbocycles. The van der Waals surface area contributed by atoms with E-state index in [4.69, 9.17) is 4.42 Å². The van der Waals surface area contributed by atoms with Crippen LogP contribution in [-0.4, -0.2) is 12.0 Å². The zero-order valence-corrected chi connectivity index (χ0v) is 11.4. The standard InChI is InChI=1S/C15H20N2O/c1-15(2,3)12-7-5-11(6-8-12)9-13-10-17-14(16-4)18-13/h5-8,10H,9H2,1-4H3,(H,16,17). The Labute approximate surface area is 108 Å². The highest BCUT2D eigenvalue weighted by Crippen LogP contribution is 2.23. The van der Waals surface area contributed by atoms with E-state index in [0.29, 0.717) is 6.01 Å². The van der Waals surface area contributed by atoms with Gasteiger partial charge in [-0.2, -0.15) is 0 Å². The fourth-order valence-corrected chi connectivity index (χ4v) is 1.83. The Kier molecular flexibility index (Phi) is 3.41. The third-order valence-corrected chi connectivity index (χ3v) is 2.97. The Morgan fingerprint density at radius 2 is 1.83 bits per heavy atom. The maximum Gasteiger partial charge on any atom is 0.294 e. The molecular weight excluding hydrogens is 224 g/mol. The van der Waals surface area contributed by atoms with Crippen LogP contribution in [0.15, 0.2) is 34.9 Å². The zero-order chi connectivity index (χ0) is 13.2. The van der Waals surface area contributed by atoms with E-state index in [9.17, 15) is 0 Å². The van der Waals surface area contributed by atoms with Crippen molar-refractivity contribution in [1.82, 2.24) is 4.98 Å². The van der Waals surface area contributed by atoms with Crippen molar-refractivity contribution in [2.24, 2.45) is 0 Å². The average molecular weight is 244 g/mol. The van der Waals surface area contributed by atoms with Crippen molar-refractivity contribution in [3.63, 3.8) is 0 Å². The number of nitrogens with zero attached hydrogens (tertiary/aromatic N) is 1. The predicted molar refractivity (Wildman–Crippen MR) is 74.0 cm³/mol. The number of hydrogen-bond donors (Lipinski definition) is 1. The lowest BCUT2D eigenvalue weighted by atomic mass is 9.86. The van der Waals surface area contributed by atoms with Crippen LogP contribution in [-0.2, 0) is 11.8 Å². The smallest absolute Gasteiger partial charge is 0.294 e. The molecule has 1 aromatic heterocycles. The van der Waals surface area contributed by atoms with Crippen molar-refractivity contribution >= 4 is 6.01 Å². The molecule has 1 aromatic carbocycles. The molecule has 1 N–H and O–H groups in total. The molecule has 0 atom stereocenters. The molecule has 0 aliphatic heterocycles. The summed E-state index contributed by atoms with van der Waals surface area (Å²) < 4.78 is 5.51. The van der Waals surface area contributed by atoms with Gasteiger partial charge in [-0.3, -0.25) is 0 Å². The molecule has 1 heterocycles. The van der Waals surface area contributed by atoms with Crippen LogP contribution in [0.2, 0.25) is 0 Å². The molecule has 0 aliphatic rings. The fourth-order valence-electron chi connectivity index (χ4n) is 1.83. The van der Waals surface area contributed by atoms with E-state index < -0.39 is 0 Å². The minimum Gasteiger partial charge on any atom is -0.428 e. The molecule has 3 nitrogen and oxygen atoms in total. The van der Waals surface area contributed by atoms with E-state index in [1.807, 2.05) is 0 Å². The van der Waals surface area contributed by atoms with Crippen LogP contribution in [0.1, 0.15) is 37.7 Å². The first kappa shape index (κ1) is 12.7. The maximum atomic E-state index is 5.51. The van der Waals surface area contributed by atoms with Gasteiger partial charge in [-0.05, 0) is 16.5 Å². The summed E-state index contributed by atoms with van der Waals surface area (Å²) in [6.07, 6.45) is 2.54. The minimum atomic E-state index is 0.198. The number of rotatable bonds is 3. The second-order valence-electron chi connectivity index (χ2n) is 5.51. The highest BCUT2D eigenvalue weighted by atomic mass is 16.4. The number of anilines is 1. The Morgan fingerprint density at radius 1 is 1.17 bits per heavy atom. The number of benzene rings is 1. The van der Waals surface area contributed by atoms with Gasteiger partial charge in [0.05, 0.1) is 6.20 Å². The third-order valence-electron chi connectivity index (χ3n) is 2.97. The molecule has 0 amide bonds. The highest BCUT2D eigenvalue weighted by Gasteiger charge is 2.13. The lowest BCUT2D eigenvalue weighted by Crippen LogP contribution is -2.10. The molecule has 0 unspecified atom stereocenters. The van der Waals surface area contributed by atoms with Gasteiger partial charge < -0.3 is 9.73 Å². The SMILES string of the molecule is CNc1ncc(Cc2ccc(C(C)(C)C)cc2)o1. The van der Waals surface area contributed by atoms with Crippen LogP contribution < -0.4 is 5.32 Å². The molecule has 96 valence electrons.